The van der Waals surface area contributed by atoms with Gasteiger partial charge in [-0.3, -0.25) is 14.3 Å². The fraction of sp³-hybridized carbons (Fsp3) is 0.462. The molecular weight excluding hydrogens is 428 g/mol. The van der Waals surface area contributed by atoms with Crippen molar-refractivity contribution in [3.8, 4) is 11.7 Å². The minimum absolute atomic E-state index is 0.0190. The molecule has 1 unspecified atom stereocenters. The largest absolute Gasteiger partial charge is 0.496 e. The van der Waals surface area contributed by atoms with Gasteiger partial charge in [-0.25, -0.2) is 15.0 Å². The predicted molar refractivity (Wildman–Crippen MR) is 131 cm³/mol. The molecule has 3 aromatic rings. The van der Waals surface area contributed by atoms with Gasteiger partial charge in [0.05, 0.1) is 12.8 Å². The van der Waals surface area contributed by atoms with Gasteiger partial charge in [0.25, 0.3) is 0 Å². The van der Waals surface area contributed by atoms with Crippen LogP contribution in [0.1, 0.15) is 55.6 Å². The van der Waals surface area contributed by atoms with Crippen LogP contribution in [0.2, 0.25) is 0 Å². The van der Waals surface area contributed by atoms with E-state index in [9.17, 15) is 4.79 Å². The Bertz CT molecular complexity index is 1060. The number of rotatable bonds is 10. The number of hydrogen-bond acceptors (Lipinski definition) is 6. The molecule has 0 aliphatic carbocycles. The number of benzene rings is 1. The van der Waals surface area contributed by atoms with Crippen LogP contribution in [0.15, 0.2) is 49.1 Å². The first kappa shape index (κ1) is 23.9. The first-order valence-corrected chi connectivity index (χ1v) is 12.2. The highest BCUT2D eigenvalue weighted by Gasteiger charge is 2.31. The number of carbonyl (C=O) groups excluding carboxylic acids is 1. The second-order valence-corrected chi connectivity index (χ2v) is 8.66. The van der Waals surface area contributed by atoms with Crippen LogP contribution in [0.4, 0.5) is 0 Å². The van der Waals surface area contributed by atoms with Crippen molar-refractivity contribution in [1.29, 1.82) is 0 Å². The van der Waals surface area contributed by atoms with Crippen molar-refractivity contribution in [3.63, 3.8) is 0 Å². The van der Waals surface area contributed by atoms with Gasteiger partial charge in [0.1, 0.15) is 18.1 Å². The van der Waals surface area contributed by atoms with Crippen molar-refractivity contribution in [1.82, 2.24) is 29.7 Å². The molecule has 0 bridgehead atoms. The summed E-state index contributed by atoms with van der Waals surface area (Å²) in [6, 6.07) is 9.48. The quantitative estimate of drug-likeness (QED) is 0.496. The molecule has 1 aliphatic rings. The lowest BCUT2D eigenvalue weighted by atomic mass is 10.0. The monoisotopic (exact) mass is 462 g/mol. The number of ether oxygens (including phenoxy) is 1. The highest BCUT2D eigenvalue weighted by atomic mass is 16.5. The zero-order valence-electron chi connectivity index (χ0n) is 20.1. The summed E-state index contributed by atoms with van der Waals surface area (Å²) in [7, 11) is 1.67. The SMILES string of the molecule is CCCc1cc(C(C(=O)NCCc2ccccc2OC)N2CCCCC2)nc(-n2ccnc2)n1. The van der Waals surface area contributed by atoms with Crippen LogP contribution in [-0.4, -0.2) is 57.1 Å². The van der Waals surface area contributed by atoms with Crippen LogP contribution in [0, 0.1) is 0 Å². The number of nitrogens with one attached hydrogen (secondary N) is 1. The number of aromatic nitrogens is 4. The molecule has 1 saturated heterocycles. The van der Waals surface area contributed by atoms with Crippen molar-refractivity contribution < 1.29 is 9.53 Å². The number of piperidine rings is 1. The molecule has 2 aromatic heterocycles. The summed E-state index contributed by atoms with van der Waals surface area (Å²) in [4.78, 5) is 29.6. The summed E-state index contributed by atoms with van der Waals surface area (Å²) in [5.74, 6) is 1.38. The number of likely N-dealkylation sites (tertiary alicyclic amines) is 1. The van der Waals surface area contributed by atoms with Crippen molar-refractivity contribution in [3.05, 3.63) is 66.0 Å². The summed E-state index contributed by atoms with van der Waals surface area (Å²) in [5.41, 5.74) is 2.77. The van der Waals surface area contributed by atoms with Gasteiger partial charge >= 0.3 is 0 Å². The molecule has 34 heavy (non-hydrogen) atoms. The lowest BCUT2D eigenvalue weighted by molar-refractivity contribution is -0.127. The van der Waals surface area contributed by atoms with E-state index in [1.165, 1.54) is 6.42 Å². The molecule has 3 heterocycles. The van der Waals surface area contributed by atoms with E-state index >= 15 is 0 Å². The Hall–Kier alpha value is -3.26. The molecule has 1 amide bonds. The number of amides is 1. The molecule has 0 saturated carbocycles. The Kier molecular flexibility index (Phi) is 8.25. The second kappa shape index (κ2) is 11.7. The summed E-state index contributed by atoms with van der Waals surface area (Å²) in [6.45, 7) is 4.44. The van der Waals surface area contributed by atoms with Crippen molar-refractivity contribution in [2.24, 2.45) is 0 Å². The number of hydrogen-bond donors (Lipinski definition) is 1. The standard InChI is InChI=1S/C26H34N6O2/c1-3-9-21-18-22(30-26(29-21)32-17-14-27-19-32)24(31-15-7-4-8-16-31)25(33)28-13-12-20-10-5-6-11-23(20)34-2/h5-6,10-11,14,17-19,24H,3-4,7-9,12-13,15-16H2,1-2H3,(H,28,33). The first-order chi connectivity index (χ1) is 16.7. The van der Waals surface area contributed by atoms with E-state index in [2.05, 4.69) is 22.1 Å². The summed E-state index contributed by atoms with van der Waals surface area (Å²) in [6.07, 6.45) is 11.1. The molecule has 1 aliphatic heterocycles. The third-order valence-corrected chi connectivity index (χ3v) is 6.20. The molecule has 0 radical (unpaired) electrons. The number of nitrogens with zero attached hydrogens (tertiary/aromatic N) is 5. The lowest BCUT2D eigenvalue weighted by Crippen LogP contribution is -2.44. The van der Waals surface area contributed by atoms with Gasteiger partial charge in [-0.05, 0) is 56.5 Å². The smallest absolute Gasteiger partial charge is 0.243 e. The number of para-hydroxylation sites is 1. The molecule has 1 N–H and O–H groups in total. The maximum Gasteiger partial charge on any atom is 0.243 e. The summed E-state index contributed by atoms with van der Waals surface area (Å²) >= 11 is 0. The molecule has 1 fully saturated rings. The van der Waals surface area contributed by atoms with E-state index in [0.717, 1.165) is 61.5 Å². The van der Waals surface area contributed by atoms with Crippen molar-refractivity contribution in [2.45, 2.75) is 51.5 Å². The first-order valence-electron chi connectivity index (χ1n) is 12.2. The van der Waals surface area contributed by atoms with E-state index in [0.29, 0.717) is 18.9 Å². The molecule has 1 atom stereocenters. The minimum Gasteiger partial charge on any atom is -0.496 e. The van der Waals surface area contributed by atoms with E-state index < -0.39 is 6.04 Å². The highest BCUT2D eigenvalue weighted by molar-refractivity contribution is 5.82. The van der Waals surface area contributed by atoms with Crippen LogP contribution in [-0.2, 0) is 17.6 Å². The Balaban J connectivity index is 1.59. The van der Waals surface area contributed by atoms with E-state index in [1.54, 1.807) is 24.2 Å². The van der Waals surface area contributed by atoms with E-state index in [1.807, 2.05) is 36.5 Å². The van der Waals surface area contributed by atoms with Gasteiger partial charge in [-0.15, -0.1) is 0 Å². The predicted octanol–water partition coefficient (Wildman–Crippen LogP) is 3.51. The fourth-order valence-corrected chi connectivity index (χ4v) is 4.51. The minimum atomic E-state index is -0.446. The number of carbonyl (C=O) groups is 1. The van der Waals surface area contributed by atoms with Crippen molar-refractivity contribution >= 4 is 5.91 Å². The third kappa shape index (κ3) is 5.80. The zero-order valence-corrected chi connectivity index (χ0v) is 20.1. The maximum absolute atomic E-state index is 13.6. The van der Waals surface area contributed by atoms with Gasteiger partial charge in [0.15, 0.2) is 0 Å². The van der Waals surface area contributed by atoms with E-state index in [-0.39, 0.29) is 5.91 Å². The maximum atomic E-state index is 13.6. The molecule has 8 heteroatoms. The Morgan fingerprint density at radius 3 is 2.71 bits per heavy atom. The second-order valence-electron chi connectivity index (χ2n) is 8.66. The molecular formula is C26H34N6O2. The van der Waals surface area contributed by atoms with Gasteiger partial charge in [0, 0.05) is 24.6 Å². The molecule has 8 nitrogen and oxygen atoms in total. The van der Waals surface area contributed by atoms with Crippen molar-refractivity contribution in [2.75, 3.05) is 26.7 Å². The topological polar surface area (TPSA) is 85.2 Å². The number of aryl methyl sites for hydroxylation is 1. The summed E-state index contributed by atoms with van der Waals surface area (Å²) in [5, 5.41) is 3.17. The van der Waals surface area contributed by atoms with Gasteiger partial charge < -0.3 is 10.1 Å². The lowest BCUT2D eigenvalue weighted by Gasteiger charge is -2.33. The van der Waals surface area contributed by atoms with E-state index in [4.69, 9.17) is 14.7 Å². The molecule has 4 rings (SSSR count). The Morgan fingerprint density at radius 1 is 1.15 bits per heavy atom. The third-order valence-electron chi connectivity index (χ3n) is 6.20. The van der Waals surface area contributed by atoms with Gasteiger partial charge in [-0.1, -0.05) is 38.0 Å². The number of imidazole rings is 1. The van der Waals surface area contributed by atoms with Gasteiger partial charge in [0.2, 0.25) is 11.9 Å². The Morgan fingerprint density at radius 2 is 1.97 bits per heavy atom. The fourth-order valence-electron chi connectivity index (χ4n) is 4.51. The van der Waals surface area contributed by atoms with Crippen LogP contribution < -0.4 is 10.1 Å². The van der Waals surface area contributed by atoms with Crippen LogP contribution in [0.5, 0.6) is 5.75 Å². The van der Waals surface area contributed by atoms with Crippen LogP contribution in [0.3, 0.4) is 0 Å². The van der Waals surface area contributed by atoms with Crippen LogP contribution >= 0.6 is 0 Å². The number of methoxy groups -OCH3 is 1. The average Bonchev–Trinajstić information content (AvgIpc) is 3.41. The average molecular weight is 463 g/mol. The highest BCUT2D eigenvalue weighted by Crippen LogP contribution is 2.25. The molecule has 180 valence electrons. The van der Waals surface area contributed by atoms with Gasteiger partial charge in [-0.2, -0.15) is 0 Å². The van der Waals surface area contributed by atoms with Crippen LogP contribution in [0.25, 0.3) is 5.95 Å². The normalized spacial score (nSPS) is 15.1. The zero-order chi connectivity index (χ0) is 23.8. The summed E-state index contributed by atoms with van der Waals surface area (Å²) < 4.78 is 7.26. The Labute approximate surface area is 201 Å². The molecule has 0 spiro atoms. The molecule has 1 aromatic carbocycles.